The van der Waals surface area contributed by atoms with Gasteiger partial charge in [-0.05, 0) is 0 Å². The van der Waals surface area contributed by atoms with E-state index in [2.05, 4.69) is 0 Å². The third kappa shape index (κ3) is 3.06. The van der Waals surface area contributed by atoms with Crippen molar-refractivity contribution in [2.75, 3.05) is 26.4 Å². The molecule has 0 atom stereocenters. The Bertz CT molecular complexity index is 25.2. The third-order valence-corrected chi connectivity index (χ3v) is 0.744. The van der Waals surface area contributed by atoms with Crippen molar-refractivity contribution in [2.24, 2.45) is 0 Å². The van der Waals surface area contributed by atoms with E-state index in [1.165, 1.54) is 0 Å². The summed E-state index contributed by atoms with van der Waals surface area (Å²) in [7, 11) is 0. The van der Waals surface area contributed by atoms with Crippen LogP contribution in [0.2, 0.25) is 0 Å². The molecule has 1 aliphatic heterocycles. The van der Waals surface area contributed by atoms with Crippen LogP contribution in [0, 0.1) is 0 Å². The van der Waals surface area contributed by atoms with E-state index in [4.69, 9.17) is 9.47 Å². The quantitative estimate of drug-likeness (QED) is 0.446. The van der Waals surface area contributed by atoms with Gasteiger partial charge in [-0.25, -0.2) is 0 Å². The van der Waals surface area contributed by atoms with Crippen LogP contribution >= 0.6 is 0 Å². The molecule has 3 heteroatoms. The molecule has 44 valence electrons. The van der Waals surface area contributed by atoms with Gasteiger partial charge in [-0.3, -0.25) is 0 Å². The van der Waals surface area contributed by atoms with Crippen molar-refractivity contribution in [1.29, 1.82) is 0 Å². The van der Waals surface area contributed by atoms with Gasteiger partial charge in [0.2, 0.25) is 0 Å². The van der Waals surface area contributed by atoms with Crippen molar-refractivity contribution in [3.8, 4) is 0 Å². The summed E-state index contributed by atoms with van der Waals surface area (Å²) in [5.74, 6) is 0. The van der Waals surface area contributed by atoms with Crippen LogP contribution in [-0.4, -0.2) is 26.4 Å². The summed E-state index contributed by atoms with van der Waals surface area (Å²) < 4.78 is 9.89. The molecule has 0 aromatic carbocycles. The van der Waals surface area contributed by atoms with Gasteiger partial charge in [-0.15, -0.1) is 0 Å². The van der Waals surface area contributed by atoms with Gasteiger partial charge in [0.05, 0.1) is 26.4 Å². The molecular formula is C4H8FeO2. The minimum absolute atomic E-state index is 0. The van der Waals surface area contributed by atoms with E-state index in [1.54, 1.807) is 0 Å². The first-order chi connectivity index (χ1) is 3.00. The van der Waals surface area contributed by atoms with Crippen molar-refractivity contribution in [2.45, 2.75) is 0 Å². The Hall–Kier alpha value is 0.439. The van der Waals surface area contributed by atoms with Gasteiger partial charge in [0.25, 0.3) is 0 Å². The molecule has 2 nitrogen and oxygen atoms in total. The first-order valence-electron chi connectivity index (χ1n) is 2.15. The van der Waals surface area contributed by atoms with Crippen LogP contribution in [0.5, 0.6) is 0 Å². The summed E-state index contributed by atoms with van der Waals surface area (Å²) >= 11 is 0. The number of hydrogen-bond acceptors (Lipinski definition) is 2. The minimum atomic E-state index is 0. The first kappa shape index (κ1) is 7.44. The number of hydrogen-bond donors (Lipinski definition) is 0. The first-order valence-corrected chi connectivity index (χ1v) is 2.15. The molecule has 0 unspecified atom stereocenters. The maximum Gasteiger partial charge on any atom is 0.0701 e. The zero-order valence-corrected chi connectivity index (χ0v) is 5.10. The molecule has 0 aromatic rings. The molecule has 1 fully saturated rings. The monoisotopic (exact) mass is 144 g/mol. The van der Waals surface area contributed by atoms with Crippen molar-refractivity contribution in [3.63, 3.8) is 0 Å². The van der Waals surface area contributed by atoms with Crippen molar-refractivity contribution in [1.82, 2.24) is 0 Å². The van der Waals surface area contributed by atoms with Gasteiger partial charge in [-0.1, -0.05) is 0 Å². The summed E-state index contributed by atoms with van der Waals surface area (Å²) in [4.78, 5) is 0. The topological polar surface area (TPSA) is 18.5 Å². The van der Waals surface area contributed by atoms with E-state index in [9.17, 15) is 0 Å². The molecule has 0 aromatic heterocycles. The van der Waals surface area contributed by atoms with Crippen LogP contribution in [0.25, 0.3) is 0 Å². The molecule has 0 spiro atoms. The molecule has 1 aliphatic rings. The van der Waals surface area contributed by atoms with E-state index in [0.717, 1.165) is 26.4 Å². The van der Waals surface area contributed by atoms with Gasteiger partial charge in [0, 0.05) is 17.1 Å². The molecule has 0 saturated carbocycles. The molecule has 1 rings (SSSR count). The van der Waals surface area contributed by atoms with E-state index >= 15 is 0 Å². The van der Waals surface area contributed by atoms with Crippen LogP contribution in [0.3, 0.4) is 0 Å². The summed E-state index contributed by atoms with van der Waals surface area (Å²) in [6.07, 6.45) is 0. The summed E-state index contributed by atoms with van der Waals surface area (Å²) in [5, 5.41) is 0. The maximum atomic E-state index is 4.94. The second-order valence-corrected chi connectivity index (χ2v) is 1.22. The van der Waals surface area contributed by atoms with Crippen molar-refractivity contribution >= 4 is 0 Å². The maximum absolute atomic E-state index is 4.94. The molecule has 0 radical (unpaired) electrons. The predicted molar refractivity (Wildman–Crippen MR) is 21.6 cm³/mol. The fourth-order valence-electron chi connectivity index (χ4n) is 0.440. The second-order valence-electron chi connectivity index (χ2n) is 1.22. The van der Waals surface area contributed by atoms with Crippen molar-refractivity contribution in [3.05, 3.63) is 0 Å². The Labute approximate surface area is 53.7 Å². The molecule has 7 heavy (non-hydrogen) atoms. The molecule has 0 bridgehead atoms. The van der Waals surface area contributed by atoms with Gasteiger partial charge in [-0.2, -0.15) is 0 Å². The van der Waals surface area contributed by atoms with E-state index < -0.39 is 0 Å². The van der Waals surface area contributed by atoms with Gasteiger partial charge < -0.3 is 9.47 Å². The Morgan fingerprint density at radius 2 is 1.00 bits per heavy atom. The minimum Gasteiger partial charge on any atom is -0.377 e. The normalized spacial score (nSPS) is 20.6. The van der Waals surface area contributed by atoms with Gasteiger partial charge in [0.1, 0.15) is 0 Å². The van der Waals surface area contributed by atoms with Crippen LogP contribution in [0.15, 0.2) is 0 Å². The van der Waals surface area contributed by atoms with Gasteiger partial charge in [0.15, 0.2) is 0 Å². The molecule has 0 aliphatic carbocycles. The van der Waals surface area contributed by atoms with E-state index in [0.29, 0.717) is 0 Å². The summed E-state index contributed by atoms with van der Waals surface area (Å²) in [6.45, 7) is 3.11. The predicted octanol–water partition coefficient (Wildman–Crippen LogP) is 0.0307. The largest absolute Gasteiger partial charge is 0.377 e. The zero-order valence-electron chi connectivity index (χ0n) is 4.00. The van der Waals surface area contributed by atoms with Crippen LogP contribution in [0.4, 0.5) is 0 Å². The Kier molecular flexibility index (Phi) is 4.88. The van der Waals surface area contributed by atoms with Crippen LogP contribution in [0.1, 0.15) is 0 Å². The molecular weight excluding hydrogens is 136 g/mol. The number of ether oxygens (including phenoxy) is 2. The van der Waals surface area contributed by atoms with Crippen LogP contribution in [-0.2, 0) is 26.5 Å². The smallest absolute Gasteiger partial charge is 0.0701 e. The molecule has 0 N–H and O–H groups in total. The Balaban J connectivity index is 0.000000360. The summed E-state index contributed by atoms with van der Waals surface area (Å²) in [5.41, 5.74) is 0. The van der Waals surface area contributed by atoms with E-state index in [-0.39, 0.29) is 17.1 Å². The van der Waals surface area contributed by atoms with E-state index in [1.807, 2.05) is 0 Å². The third-order valence-electron chi connectivity index (χ3n) is 0.744. The Morgan fingerprint density at radius 1 is 0.714 bits per heavy atom. The summed E-state index contributed by atoms with van der Waals surface area (Å²) in [6, 6.07) is 0. The molecule has 1 heterocycles. The SMILES string of the molecule is C1COCCO1.[Fe]. The Morgan fingerprint density at radius 3 is 1.14 bits per heavy atom. The molecule has 1 saturated heterocycles. The molecule has 0 amide bonds. The second kappa shape index (κ2) is 4.59. The zero-order chi connectivity index (χ0) is 4.24. The fraction of sp³-hybridized carbons (Fsp3) is 1.00. The van der Waals surface area contributed by atoms with Gasteiger partial charge >= 0.3 is 0 Å². The fourth-order valence-corrected chi connectivity index (χ4v) is 0.440. The van der Waals surface area contributed by atoms with Crippen molar-refractivity contribution < 1.29 is 26.5 Å². The van der Waals surface area contributed by atoms with Crippen LogP contribution < -0.4 is 0 Å². The number of rotatable bonds is 0. The standard InChI is InChI=1S/C4H8O2.Fe/c1-2-6-4-3-5-1;/h1-4H2;. The average molecular weight is 144 g/mol. The average Bonchev–Trinajstić information content (AvgIpc) is 1.72.